The van der Waals surface area contributed by atoms with Crippen molar-refractivity contribution in [1.82, 2.24) is 0 Å². The molecule has 0 rings (SSSR count). The lowest BCUT2D eigenvalue weighted by Crippen LogP contribution is -2.19. The fourth-order valence-corrected chi connectivity index (χ4v) is 0.774. The summed E-state index contributed by atoms with van der Waals surface area (Å²) in [6, 6.07) is 0. The highest BCUT2D eigenvalue weighted by Gasteiger charge is 2.14. The van der Waals surface area contributed by atoms with E-state index < -0.39 is 5.60 Å². The van der Waals surface area contributed by atoms with Crippen molar-refractivity contribution in [2.45, 2.75) is 39.2 Å². The van der Waals surface area contributed by atoms with Crippen molar-refractivity contribution < 1.29 is 5.11 Å². The first-order chi connectivity index (χ1) is 4.83. The Morgan fingerprint density at radius 1 is 1.55 bits per heavy atom. The van der Waals surface area contributed by atoms with Gasteiger partial charge in [-0.1, -0.05) is 12.2 Å². The minimum Gasteiger partial charge on any atom is -0.390 e. The zero-order chi connectivity index (χ0) is 9.07. The van der Waals surface area contributed by atoms with Crippen LogP contribution in [0.2, 0.25) is 0 Å². The van der Waals surface area contributed by atoms with Gasteiger partial charge >= 0.3 is 0 Å². The minimum atomic E-state index is -0.564. The van der Waals surface area contributed by atoms with Gasteiger partial charge in [0.25, 0.3) is 0 Å². The second-order valence-corrected chi connectivity index (χ2v) is 3.89. The van der Waals surface area contributed by atoms with Gasteiger partial charge in [0.15, 0.2) is 0 Å². The molecule has 0 aliphatic rings. The van der Waals surface area contributed by atoms with Gasteiger partial charge < -0.3 is 5.11 Å². The largest absolute Gasteiger partial charge is 0.390 e. The van der Waals surface area contributed by atoms with E-state index in [2.05, 4.69) is 13.5 Å². The molecule has 0 aromatic heterocycles. The highest BCUT2D eigenvalue weighted by Crippen LogP contribution is 2.19. The number of allylic oxidation sites excluding steroid dienone is 1. The monoisotopic (exact) mass is 155 g/mol. The Labute approximate surface area is 70.1 Å². The normalized spacial score (nSPS) is 14.6. The van der Waals surface area contributed by atoms with Crippen LogP contribution < -0.4 is 0 Å². The van der Waals surface area contributed by atoms with E-state index in [1.165, 1.54) is 0 Å². The standard InChI is InChI=1S/C10H19O/c1-8(2)9(3)6-7-10(4,5)11/h9,11H,1,3,6-7H2,2,4-5H3. The third kappa shape index (κ3) is 6.11. The molecule has 0 aromatic rings. The van der Waals surface area contributed by atoms with Crippen LogP contribution in [0.3, 0.4) is 0 Å². The average molecular weight is 155 g/mol. The summed E-state index contributed by atoms with van der Waals surface area (Å²) in [5.41, 5.74) is 0.528. The average Bonchev–Trinajstić information content (AvgIpc) is 1.80. The van der Waals surface area contributed by atoms with E-state index in [9.17, 15) is 5.11 Å². The van der Waals surface area contributed by atoms with Crippen LogP contribution in [0.4, 0.5) is 0 Å². The van der Waals surface area contributed by atoms with Gasteiger partial charge in [0.05, 0.1) is 5.60 Å². The van der Waals surface area contributed by atoms with Crippen LogP contribution in [-0.4, -0.2) is 10.7 Å². The van der Waals surface area contributed by atoms with E-state index in [-0.39, 0.29) is 5.92 Å². The van der Waals surface area contributed by atoms with Crippen molar-refractivity contribution >= 4 is 0 Å². The molecule has 0 aliphatic carbocycles. The lowest BCUT2D eigenvalue weighted by Gasteiger charge is -2.19. The summed E-state index contributed by atoms with van der Waals surface area (Å²) in [4.78, 5) is 0. The number of aliphatic hydroxyl groups is 1. The van der Waals surface area contributed by atoms with E-state index >= 15 is 0 Å². The van der Waals surface area contributed by atoms with Gasteiger partial charge in [-0.3, -0.25) is 0 Å². The second-order valence-electron chi connectivity index (χ2n) is 3.89. The molecule has 0 aromatic carbocycles. The SMILES string of the molecule is [CH2]C(CCC(C)(C)O)C(=C)C. The van der Waals surface area contributed by atoms with Crippen molar-refractivity contribution in [1.29, 1.82) is 0 Å². The summed E-state index contributed by atoms with van der Waals surface area (Å²) in [5.74, 6) is 0.279. The van der Waals surface area contributed by atoms with E-state index in [1.807, 2.05) is 20.8 Å². The molecule has 1 radical (unpaired) electrons. The van der Waals surface area contributed by atoms with Crippen LogP contribution in [0.15, 0.2) is 12.2 Å². The smallest absolute Gasteiger partial charge is 0.0592 e. The van der Waals surface area contributed by atoms with Crippen LogP contribution in [0.5, 0.6) is 0 Å². The lowest BCUT2D eigenvalue weighted by atomic mass is 9.92. The summed E-state index contributed by atoms with van der Waals surface area (Å²) in [6.45, 7) is 13.4. The van der Waals surface area contributed by atoms with E-state index in [0.29, 0.717) is 0 Å². The molecular formula is C10H19O. The minimum absolute atomic E-state index is 0.279. The third-order valence-corrected chi connectivity index (χ3v) is 1.80. The summed E-state index contributed by atoms with van der Waals surface area (Å²) < 4.78 is 0. The molecule has 0 fully saturated rings. The van der Waals surface area contributed by atoms with Gasteiger partial charge in [-0.25, -0.2) is 0 Å². The fourth-order valence-electron chi connectivity index (χ4n) is 0.774. The maximum Gasteiger partial charge on any atom is 0.0592 e. The lowest BCUT2D eigenvalue weighted by molar-refractivity contribution is 0.0666. The Morgan fingerprint density at radius 2 is 2.00 bits per heavy atom. The Kier molecular flexibility index (Phi) is 3.81. The van der Waals surface area contributed by atoms with Gasteiger partial charge in [-0.05, 0) is 46.5 Å². The van der Waals surface area contributed by atoms with Crippen molar-refractivity contribution in [2.75, 3.05) is 0 Å². The maximum absolute atomic E-state index is 9.39. The van der Waals surface area contributed by atoms with Crippen LogP contribution in [0, 0.1) is 12.8 Å². The molecule has 1 unspecified atom stereocenters. The zero-order valence-electron chi connectivity index (χ0n) is 7.85. The third-order valence-electron chi connectivity index (χ3n) is 1.80. The predicted molar refractivity (Wildman–Crippen MR) is 49.2 cm³/mol. The summed E-state index contributed by atoms with van der Waals surface area (Å²) in [5, 5.41) is 9.39. The highest BCUT2D eigenvalue weighted by molar-refractivity contribution is 4.97. The Bertz CT molecular complexity index is 130. The molecule has 1 N–H and O–H groups in total. The first-order valence-corrected chi connectivity index (χ1v) is 4.04. The number of rotatable bonds is 4. The van der Waals surface area contributed by atoms with Gasteiger partial charge in [0, 0.05) is 0 Å². The molecule has 0 heterocycles. The molecule has 0 spiro atoms. The Hall–Kier alpha value is -0.300. The molecule has 11 heavy (non-hydrogen) atoms. The van der Waals surface area contributed by atoms with Crippen LogP contribution in [0.1, 0.15) is 33.6 Å². The predicted octanol–water partition coefficient (Wildman–Crippen LogP) is 2.56. The van der Waals surface area contributed by atoms with Crippen LogP contribution >= 0.6 is 0 Å². The summed E-state index contributed by atoms with van der Waals surface area (Å²) in [7, 11) is 0. The number of hydrogen-bond acceptors (Lipinski definition) is 1. The van der Waals surface area contributed by atoms with Crippen LogP contribution in [0.25, 0.3) is 0 Å². The quantitative estimate of drug-likeness (QED) is 0.619. The Morgan fingerprint density at radius 3 is 2.27 bits per heavy atom. The molecule has 0 saturated carbocycles. The molecule has 1 atom stereocenters. The van der Waals surface area contributed by atoms with Gasteiger partial charge in [-0.2, -0.15) is 0 Å². The van der Waals surface area contributed by atoms with Crippen LogP contribution in [-0.2, 0) is 0 Å². The van der Waals surface area contributed by atoms with Gasteiger partial charge in [0.1, 0.15) is 0 Å². The topological polar surface area (TPSA) is 20.2 Å². The van der Waals surface area contributed by atoms with Crippen molar-refractivity contribution in [2.24, 2.45) is 5.92 Å². The first kappa shape index (κ1) is 10.7. The van der Waals surface area contributed by atoms with E-state index in [1.54, 1.807) is 0 Å². The number of hydrogen-bond donors (Lipinski definition) is 1. The molecular weight excluding hydrogens is 136 g/mol. The summed E-state index contributed by atoms with van der Waals surface area (Å²) >= 11 is 0. The van der Waals surface area contributed by atoms with Crippen molar-refractivity contribution in [3.8, 4) is 0 Å². The molecule has 1 nitrogen and oxygen atoms in total. The molecule has 0 amide bonds. The molecule has 0 bridgehead atoms. The van der Waals surface area contributed by atoms with E-state index in [0.717, 1.165) is 18.4 Å². The van der Waals surface area contributed by atoms with Gasteiger partial charge in [0.2, 0.25) is 0 Å². The highest BCUT2D eigenvalue weighted by atomic mass is 16.3. The zero-order valence-corrected chi connectivity index (χ0v) is 7.85. The maximum atomic E-state index is 9.39. The second kappa shape index (κ2) is 3.91. The molecule has 65 valence electrons. The fraction of sp³-hybridized carbons (Fsp3) is 0.700. The molecule has 0 saturated heterocycles. The molecule has 1 heteroatoms. The molecule has 0 aliphatic heterocycles. The van der Waals surface area contributed by atoms with Crippen molar-refractivity contribution in [3.05, 3.63) is 19.1 Å². The first-order valence-electron chi connectivity index (χ1n) is 4.04. The Balaban J connectivity index is 3.63. The van der Waals surface area contributed by atoms with Gasteiger partial charge in [-0.15, -0.1) is 0 Å². The van der Waals surface area contributed by atoms with E-state index in [4.69, 9.17) is 0 Å². The summed E-state index contributed by atoms with van der Waals surface area (Å²) in [6.07, 6.45) is 1.70. The van der Waals surface area contributed by atoms with Crippen molar-refractivity contribution in [3.63, 3.8) is 0 Å².